The van der Waals surface area contributed by atoms with E-state index >= 15 is 0 Å². The standard InChI is InChI=1S/C21H26O3/c1-13-5-4-6-16-11-18(24-21(16)23)10-14(2)9-17-12-20(22)15(3)19(17)8-7-13/h5,9,11,17-19H,3-4,6-8,10,12H2,1-2H3/b13-5+,14-9+/t17-,18-,19-/m1/s1. The molecular formula is C21H26O3. The Morgan fingerprint density at radius 2 is 1.88 bits per heavy atom. The summed E-state index contributed by atoms with van der Waals surface area (Å²) in [6.45, 7) is 8.24. The summed E-state index contributed by atoms with van der Waals surface area (Å²) in [7, 11) is 0. The zero-order valence-corrected chi connectivity index (χ0v) is 14.6. The quantitative estimate of drug-likeness (QED) is 0.375. The van der Waals surface area contributed by atoms with Gasteiger partial charge < -0.3 is 4.74 Å². The van der Waals surface area contributed by atoms with Crippen molar-refractivity contribution in [1.82, 2.24) is 0 Å². The lowest BCUT2D eigenvalue weighted by Crippen LogP contribution is -2.11. The average molecular weight is 326 g/mol. The van der Waals surface area contributed by atoms with Crippen molar-refractivity contribution in [3.8, 4) is 0 Å². The van der Waals surface area contributed by atoms with Crippen molar-refractivity contribution in [3.05, 3.63) is 47.1 Å². The van der Waals surface area contributed by atoms with Crippen LogP contribution in [0.5, 0.6) is 0 Å². The van der Waals surface area contributed by atoms with E-state index in [1.807, 2.05) is 6.08 Å². The molecule has 0 spiro atoms. The fourth-order valence-corrected chi connectivity index (χ4v) is 4.05. The highest BCUT2D eigenvalue weighted by Crippen LogP contribution is 2.39. The summed E-state index contributed by atoms with van der Waals surface area (Å²) in [5, 5.41) is 0. The van der Waals surface area contributed by atoms with E-state index < -0.39 is 0 Å². The van der Waals surface area contributed by atoms with E-state index in [2.05, 4.69) is 32.6 Å². The molecule has 1 fully saturated rings. The van der Waals surface area contributed by atoms with E-state index in [4.69, 9.17) is 4.74 Å². The summed E-state index contributed by atoms with van der Waals surface area (Å²) in [5.41, 5.74) is 4.10. The van der Waals surface area contributed by atoms with Crippen LogP contribution in [0.1, 0.15) is 52.4 Å². The first-order valence-corrected chi connectivity index (χ1v) is 8.90. The van der Waals surface area contributed by atoms with E-state index in [0.29, 0.717) is 12.8 Å². The second-order valence-corrected chi connectivity index (χ2v) is 7.40. The van der Waals surface area contributed by atoms with Crippen LogP contribution in [0.4, 0.5) is 0 Å². The molecule has 2 aliphatic carbocycles. The van der Waals surface area contributed by atoms with Crippen molar-refractivity contribution < 1.29 is 14.3 Å². The highest BCUT2D eigenvalue weighted by atomic mass is 16.5. The normalized spacial score (nSPS) is 36.0. The molecule has 128 valence electrons. The molecule has 0 saturated heterocycles. The summed E-state index contributed by atoms with van der Waals surface area (Å²) in [6, 6.07) is 0. The Kier molecular flexibility index (Phi) is 4.88. The SMILES string of the molecule is C=C1C(=O)C[C@H]2/C=C(\C)C[C@@H]3C=C(CC/C=C(\C)CC[C@H]12)C(=O)O3. The van der Waals surface area contributed by atoms with Gasteiger partial charge in [0.2, 0.25) is 0 Å². The average Bonchev–Trinajstić information content (AvgIpc) is 2.97. The van der Waals surface area contributed by atoms with Gasteiger partial charge in [0.15, 0.2) is 5.78 Å². The molecule has 1 aliphatic heterocycles. The Bertz CT molecular complexity index is 663. The van der Waals surface area contributed by atoms with E-state index in [1.54, 1.807) is 0 Å². The van der Waals surface area contributed by atoms with Crippen molar-refractivity contribution in [2.45, 2.75) is 58.5 Å². The van der Waals surface area contributed by atoms with Crippen molar-refractivity contribution in [2.24, 2.45) is 11.8 Å². The Hall–Kier alpha value is -1.90. The largest absolute Gasteiger partial charge is 0.454 e. The monoisotopic (exact) mass is 326 g/mol. The predicted molar refractivity (Wildman–Crippen MR) is 94.3 cm³/mol. The number of carbonyl (C=O) groups excluding carboxylic acids is 2. The first-order valence-electron chi connectivity index (χ1n) is 8.90. The fraction of sp³-hybridized carbons (Fsp3) is 0.524. The van der Waals surface area contributed by atoms with Gasteiger partial charge in [0, 0.05) is 18.4 Å². The Balaban J connectivity index is 1.86. The third-order valence-electron chi connectivity index (χ3n) is 5.43. The van der Waals surface area contributed by atoms with E-state index in [9.17, 15) is 9.59 Å². The molecule has 3 nitrogen and oxygen atoms in total. The second-order valence-electron chi connectivity index (χ2n) is 7.40. The summed E-state index contributed by atoms with van der Waals surface area (Å²) in [5.74, 6) is 0.516. The number of allylic oxidation sites excluding steroid dienone is 4. The van der Waals surface area contributed by atoms with E-state index in [0.717, 1.165) is 36.8 Å². The highest BCUT2D eigenvalue weighted by molar-refractivity contribution is 5.98. The zero-order chi connectivity index (χ0) is 17.3. The molecule has 0 aromatic heterocycles. The summed E-state index contributed by atoms with van der Waals surface area (Å²) < 4.78 is 5.47. The molecule has 0 aromatic carbocycles. The number of Topliss-reactive ketones (excluding diaryl/α,β-unsaturated/α-hetero) is 1. The van der Waals surface area contributed by atoms with E-state index in [-0.39, 0.29) is 29.7 Å². The van der Waals surface area contributed by atoms with Crippen LogP contribution >= 0.6 is 0 Å². The molecule has 0 aromatic rings. The van der Waals surface area contributed by atoms with Gasteiger partial charge in [0.1, 0.15) is 6.10 Å². The Morgan fingerprint density at radius 3 is 2.67 bits per heavy atom. The topological polar surface area (TPSA) is 43.4 Å². The number of ketones is 1. The van der Waals surface area contributed by atoms with Crippen molar-refractivity contribution in [1.29, 1.82) is 0 Å². The first-order chi connectivity index (χ1) is 11.4. The maximum Gasteiger partial charge on any atom is 0.334 e. The second kappa shape index (κ2) is 6.92. The lowest BCUT2D eigenvalue weighted by atomic mass is 9.86. The van der Waals surface area contributed by atoms with Crippen molar-refractivity contribution >= 4 is 11.8 Å². The van der Waals surface area contributed by atoms with Crippen LogP contribution < -0.4 is 0 Å². The van der Waals surface area contributed by atoms with Gasteiger partial charge in [-0.1, -0.05) is 29.9 Å². The minimum absolute atomic E-state index is 0.157. The van der Waals surface area contributed by atoms with Gasteiger partial charge in [-0.3, -0.25) is 4.79 Å². The molecule has 0 amide bonds. The maximum absolute atomic E-state index is 12.1. The Morgan fingerprint density at radius 1 is 1.08 bits per heavy atom. The summed E-state index contributed by atoms with van der Waals surface area (Å²) in [6.07, 6.45) is 11.1. The third kappa shape index (κ3) is 3.61. The maximum atomic E-state index is 12.1. The van der Waals surface area contributed by atoms with Crippen molar-refractivity contribution in [3.63, 3.8) is 0 Å². The minimum atomic E-state index is -0.170. The minimum Gasteiger partial charge on any atom is -0.454 e. The molecule has 0 unspecified atom stereocenters. The summed E-state index contributed by atoms with van der Waals surface area (Å²) in [4.78, 5) is 24.1. The highest BCUT2D eigenvalue weighted by Gasteiger charge is 2.35. The van der Waals surface area contributed by atoms with Gasteiger partial charge in [-0.2, -0.15) is 0 Å². The molecule has 3 aliphatic rings. The molecule has 0 radical (unpaired) electrons. The number of carbonyl (C=O) groups is 2. The molecule has 1 saturated carbocycles. The third-order valence-corrected chi connectivity index (χ3v) is 5.43. The van der Waals surface area contributed by atoms with Crippen LogP contribution in [0, 0.1) is 11.8 Å². The van der Waals surface area contributed by atoms with Crippen LogP contribution in [0.3, 0.4) is 0 Å². The van der Waals surface area contributed by atoms with Gasteiger partial charge in [0.05, 0.1) is 0 Å². The number of ether oxygens (including phenoxy) is 1. The van der Waals surface area contributed by atoms with Gasteiger partial charge in [-0.05, 0) is 63.0 Å². The number of hydrogen-bond donors (Lipinski definition) is 0. The molecule has 24 heavy (non-hydrogen) atoms. The van der Waals surface area contributed by atoms with Crippen LogP contribution in [-0.2, 0) is 14.3 Å². The fourth-order valence-electron chi connectivity index (χ4n) is 4.05. The van der Waals surface area contributed by atoms with Crippen LogP contribution in [0.15, 0.2) is 47.1 Å². The molecule has 2 bridgehead atoms. The number of fused-ring (bicyclic) bond motifs is 2. The molecular weight excluding hydrogens is 300 g/mol. The van der Waals surface area contributed by atoms with Crippen LogP contribution in [0.2, 0.25) is 0 Å². The molecule has 3 atom stereocenters. The summed E-state index contributed by atoms with van der Waals surface area (Å²) >= 11 is 0. The molecule has 0 N–H and O–H groups in total. The van der Waals surface area contributed by atoms with Gasteiger partial charge in [-0.15, -0.1) is 0 Å². The van der Waals surface area contributed by atoms with E-state index in [1.165, 1.54) is 11.1 Å². The molecule has 1 heterocycles. The van der Waals surface area contributed by atoms with Crippen molar-refractivity contribution in [2.75, 3.05) is 0 Å². The first kappa shape index (κ1) is 16.9. The number of rotatable bonds is 0. The lowest BCUT2D eigenvalue weighted by molar-refractivity contribution is -0.139. The van der Waals surface area contributed by atoms with Crippen LogP contribution in [0.25, 0.3) is 0 Å². The van der Waals surface area contributed by atoms with Crippen LogP contribution in [-0.4, -0.2) is 17.9 Å². The van der Waals surface area contributed by atoms with Gasteiger partial charge in [0.25, 0.3) is 0 Å². The predicted octanol–water partition coefficient (Wildman–Crippen LogP) is 4.46. The van der Waals surface area contributed by atoms with Gasteiger partial charge >= 0.3 is 5.97 Å². The van der Waals surface area contributed by atoms with Gasteiger partial charge in [-0.25, -0.2) is 4.79 Å². The number of hydrogen-bond acceptors (Lipinski definition) is 3. The lowest BCUT2D eigenvalue weighted by Gasteiger charge is -2.18. The Labute approximate surface area is 144 Å². The molecule has 3 heteroatoms. The molecule has 3 rings (SSSR count). The number of esters is 1. The zero-order valence-electron chi connectivity index (χ0n) is 14.6. The smallest absolute Gasteiger partial charge is 0.334 e.